The number of H-pyrrole nitrogens is 1. The van der Waals surface area contributed by atoms with Crippen molar-refractivity contribution < 1.29 is 9.90 Å². The molecule has 1 aliphatic rings. The molecule has 0 bridgehead atoms. The number of hydrogen-bond donors (Lipinski definition) is 2. The van der Waals surface area contributed by atoms with E-state index >= 15 is 0 Å². The second-order valence-electron chi connectivity index (χ2n) is 9.94. The summed E-state index contributed by atoms with van der Waals surface area (Å²) in [6, 6.07) is 12.1. The van der Waals surface area contributed by atoms with Gasteiger partial charge in [0.25, 0.3) is 5.91 Å². The number of aromatic amines is 1. The Morgan fingerprint density at radius 1 is 1.26 bits per heavy atom. The van der Waals surface area contributed by atoms with Gasteiger partial charge in [-0.05, 0) is 73.4 Å². The van der Waals surface area contributed by atoms with Crippen LogP contribution in [0.2, 0.25) is 0 Å². The Morgan fingerprint density at radius 3 is 2.68 bits per heavy atom. The number of hydrogen-bond acceptors (Lipinski definition) is 3. The van der Waals surface area contributed by atoms with Crippen LogP contribution in [0.5, 0.6) is 0 Å². The maximum Gasteiger partial charge on any atom is 0.254 e. The van der Waals surface area contributed by atoms with E-state index in [-0.39, 0.29) is 23.3 Å². The highest BCUT2D eigenvalue weighted by Gasteiger charge is 2.43. The first-order valence-corrected chi connectivity index (χ1v) is 11.1. The highest BCUT2D eigenvalue weighted by atomic mass is 16.3. The summed E-state index contributed by atoms with van der Waals surface area (Å²) in [4.78, 5) is 22.9. The zero-order valence-corrected chi connectivity index (χ0v) is 19.4. The number of nitrogens with one attached hydrogen (secondary N) is 1. The molecule has 1 aliphatic carbocycles. The van der Waals surface area contributed by atoms with Crippen LogP contribution in [-0.2, 0) is 17.4 Å². The van der Waals surface area contributed by atoms with E-state index in [0.29, 0.717) is 12.1 Å². The van der Waals surface area contributed by atoms with Crippen LogP contribution < -0.4 is 0 Å². The minimum absolute atomic E-state index is 0.0585. The lowest BCUT2D eigenvalue weighted by Gasteiger charge is -2.48. The van der Waals surface area contributed by atoms with Crippen molar-refractivity contribution in [2.24, 2.45) is 5.92 Å². The summed E-state index contributed by atoms with van der Waals surface area (Å²) < 4.78 is 0. The number of benzene rings is 2. The normalized spacial score (nSPS) is 20.5. The van der Waals surface area contributed by atoms with Gasteiger partial charge in [0.2, 0.25) is 0 Å². The summed E-state index contributed by atoms with van der Waals surface area (Å²) in [6.45, 7) is 13.1. The van der Waals surface area contributed by atoms with Crippen molar-refractivity contribution in [1.82, 2.24) is 14.9 Å². The van der Waals surface area contributed by atoms with Crippen LogP contribution in [0.15, 0.2) is 42.7 Å². The fraction of sp³-hybridized carbons (Fsp3) is 0.462. The highest BCUT2D eigenvalue weighted by Crippen LogP contribution is 2.44. The van der Waals surface area contributed by atoms with Gasteiger partial charge in [-0.2, -0.15) is 0 Å². The summed E-state index contributed by atoms with van der Waals surface area (Å²) in [5.41, 5.74) is 4.90. The van der Waals surface area contributed by atoms with Crippen molar-refractivity contribution in [2.45, 2.75) is 65.0 Å². The molecule has 3 aromatic rings. The molecule has 1 amide bonds. The van der Waals surface area contributed by atoms with Gasteiger partial charge in [0.05, 0.1) is 23.0 Å². The van der Waals surface area contributed by atoms with Gasteiger partial charge in [0, 0.05) is 18.2 Å². The predicted octanol–water partition coefficient (Wildman–Crippen LogP) is 4.79. The lowest BCUT2D eigenvalue weighted by Crippen LogP contribution is -2.53. The summed E-state index contributed by atoms with van der Waals surface area (Å²) in [5, 5.41) is 10.5. The van der Waals surface area contributed by atoms with E-state index in [0.717, 1.165) is 23.0 Å². The molecule has 0 radical (unpaired) electrons. The van der Waals surface area contributed by atoms with E-state index in [1.807, 2.05) is 43.0 Å². The van der Waals surface area contributed by atoms with Crippen molar-refractivity contribution in [3.05, 3.63) is 65.0 Å². The Labute approximate surface area is 184 Å². The minimum Gasteiger partial charge on any atom is -0.386 e. The summed E-state index contributed by atoms with van der Waals surface area (Å²) in [7, 11) is 0. The molecule has 0 spiro atoms. The minimum atomic E-state index is -0.873. The fourth-order valence-corrected chi connectivity index (χ4v) is 5.01. The average Bonchev–Trinajstić information content (AvgIpc) is 3.19. The smallest absolute Gasteiger partial charge is 0.254 e. The first-order valence-electron chi connectivity index (χ1n) is 11.1. The molecular weight excluding hydrogens is 386 g/mol. The Balaban J connectivity index is 1.70. The highest BCUT2D eigenvalue weighted by molar-refractivity contribution is 5.97. The van der Waals surface area contributed by atoms with Crippen LogP contribution in [0.25, 0.3) is 11.0 Å². The molecule has 5 heteroatoms. The number of fused-ring (bicyclic) bond motifs is 2. The van der Waals surface area contributed by atoms with Crippen LogP contribution in [-0.4, -0.2) is 38.5 Å². The maximum absolute atomic E-state index is 13.6. The standard InChI is InChI=1S/C26H33N3O2/c1-7-29(24(30)18-9-11-21-22(12-18)28-15-27-21)23-13-17-8-10-19(26(5,6)31)14-20(17)25(3,4)16(23)2/h8-12,14-16,23,31H,7,13H2,1-6H3,(H,27,28)/t16-,23-/m1/s1. The molecule has 5 nitrogen and oxygen atoms in total. The molecule has 0 unspecified atom stereocenters. The largest absolute Gasteiger partial charge is 0.386 e. The van der Waals surface area contributed by atoms with Gasteiger partial charge >= 0.3 is 0 Å². The van der Waals surface area contributed by atoms with Gasteiger partial charge in [-0.25, -0.2) is 4.98 Å². The van der Waals surface area contributed by atoms with Gasteiger partial charge in [-0.15, -0.1) is 0 Å². The Kier molecular flexibility index (Phi) is 5.21. The maximum atomic E-state index is 13.6. The average molecular weight is 420 g/mol. The van der Waals surface area contributed by atoms with Crippen molar-refractivity contribution in [1.29, 1.82) is 0 Å². The van der Waals surface area contributed by atoms with Gasteiger partial charge in [0.1, 0.15) is 0 Å². The Bertz CT molecular complexity index is 1120. The molecule has 2 N–H and O–H groups in total. The topological polar surface area (TPSA) is 69.2 Å². The predicted molar refractivity (Wildman–Crippen MR) is 124 cm³/mol. The fourth-order valence-electron chi connectivity index (χ4n) is 5.01. The number of nitrogens with zero attached hydrogens (tertiary/aromatic N) is 2. The number of carbonyl (C=O) groups is 1. The summed E-state index contributed by atoms with van der Waals surface area (Å²) >= 11 is 0. The molecule has 0 fully saturated rings. The third-order valence-electron chi connectivity index (χ3n) is 7.32. The second kappa shape index (κ2) is 7.49. The Morgan fingerprint density at radius 2 is 2.00 bits per heavy atom. The number of aromatic nitrogens is 2. The van der Waals surface area contributed by atoms with E-state index < -0.39 is 5.60 Å². The van der Waals surface area contributed by atoms with Crippen LogP contribution in [0.1, 0.15) is 68.6 Å². The number of imidazole rings is 1. The summed E-state index contributed by atoms with van der Waals surface area (Å²) in [6.07, 6.45) is 2.47. The number of amides is 1. The molecule has 31 heavy (non-hydrogen) atoms. The third kappa shape index (κ3) is 3.65. The molecule has 4 rings (SSSR count). The van der Waals surface area contributed by atoms with Crippen LogP contribution in [0, 0.1) is 5.92 Å². The molecule has 1 aromatic heterocycles. The first-order chi connectivity index (χ1) is 14.5. The summed E-state index contributed by atoms with van der Waals surface area (Å²) in [5.74, 6) is 0.319. The van der Waals surface area contributed by atoms with Crippen LogP contribution in [0.3, 0.4) is 0 Å². The number of likely N-dealkylation sites (N-methyl/N-ethyl adjacent to an activating group) is 1. The molecule has 2 aromatic carbocycles. The lowest BCUT2D eigenvalue weighted by atomic mass is 9.63. The molecule has 0 saturated heterocycles. The quantitative estimate of drug-likeness (QED) is 0.639. The zero-order chi connectivity index (χ0) is 22.6. The lowest BCUT2D eigenvalue weighted by molar-refractivity contribution is 0.0542. The molecule has 0 aliphatic heterocycles. The van der Waals surface area contributed by atoms with E-state index in [1.165, 1.54) is 11.1 Å². The molecule has 2 atom stereocenters. The number of rotatable bonds is 4. The zero-order valence-electron chi connectivity index (χ0n) is 19.4. The molecular formula is C26H33N3O2. The van der Waals surface area contributed by atoms with Crippen LogP contribution in [0.4, 0.5) is 0 Å². The van der Waals surface area contributed by atoms with Gasteiger partial charge in [0.15, 0.2) is 0 Å². The molecule has 164 valence electrons. The van der Waals surface area contributed by atoms with E-state index in [2.05, 4.69) is 49.8 Å². The first kappa shape index (κ1) is 21.6. The van der Waals surface area contributed by atoms with E-state index in [4.69, 9.17) is 0 Å². The van der Waals surface area contributed by atoms with Gasteiger partial charge in [-0.1, -0.05) is 39.0 Å². The van der Waals surface area contributed by atoms with Gasteiger partial charge in [-0.3, -0.25) is 4.79 Å². The van der Waals surface area contributed by atoms with Crippen molar-refractivity contribution in [3.8, 4) is 0 Å². The second-order valence-corrected chi connectivity index (χ2v) is 9.94. The third-order valence-corrected chi connectivity index (χ3v) is 7.32. The van der Waals surface area contributed by atoms with Crippen molar-refractivity contribution >= 4 is 16.9 Å². The van der Waals surface area contributed by atoms with E-state index in [1.54, 1.807) is 6.33 Å². The van der Waals surface area contributed by atoms with E-state index in [9.17, 15) is 9.90 Å². The monoisotopic (exact) mass is 419 g/mol. The Hall–Kier alpha value is -2.66. The number of carbonyl (C=O) groups excluding carboxylic acids is 1. The SMILES string of the molecule is CCN(C(=O)c1ccc2nc[nH]c2c1)[C@@H]1Cc2ccc(C(C)(C)O)cc2C(C)(C)[C@@H]1C. The molecule has 1 heterocycles. The van der Waals surface area contributed by atoms with Crippen molar-refractivity contribution in [3.63, 3.8) is 0 Å². The number of aliphatic hydroxyl groups is 1. The van der Waals surface area contributed by atoms with Crippen molar-refractivity contribution in [2.75, 3.05) is 6.54 Å². The van der Waals surface area contributed by atoms with Crippen LogP contribution >= 0.6 is 0 Å². The van der Waals surface area contributed by atoms with Gasteiger partial charge < -0.3 is 15.0 Å². The molecule has 0 saturated carbocycles.